The fourth-order valence-corrected chi connectivity index (χ4v) is 12.2. The van der Waals surface area contributed by atoms with Crippen LogP contribution in [0.3, 0.4) is 0 Å². The molecule has 0 saturated heterocycles. The van der Waals surface area contributed by atoms with E-state index < -0.39 is 0 Å². The van der Waals surface area contributed by atoms with Crippen molar-refractivity contribution in [3.8, 4) is 0 Å². The third kappa shape index (κ3) is 5.53. The van der Waals surface area contributed by atoms with Crippen LogP contribution in [0.5, 0.6) is 0 Å². The maximum Gasteiger partial charge on any atom is 0.240 e. The van der Waals surface area contributed by atoms with Crippen molar-refractivity contribution in [2.24, 2.45) is 0 Å². The highest BCUT2D eigenvalue weighted by Gasteiger charge is 2.41. The van der Waals surface area contributed by atoms with Crippen LogP contribution in [0.1, 0.15) is 22.3 Å². The largest absolute Gasteiger partial charge is 0.308 e. The molecule has 3 heterocycles. The van der Waals surface area contributed by atoms with E-state index >= 15 is 0 Å². The molecule has 0 amide bonds. The fourth-order valence-electron chi connectivity index (χ4n) is 10.1. The molecule has 0 aromatic heterocycles. The molecule has 3 aliphatic heterocycles. The molecule has 0 bridgehead atoms. The highest BCUT2D eigenvalue weighted by atomic mass is 32.2. The lowest BCUT2D eigenvalue weighted by atomic mass is 9.20. The van der Waals surface area contributed by atoms with Crippen LogP contribution in [-0.2, 0) is 0 Å². The SMILES string of the molecule is Cc1cc(N2c3ccccc3Sc3ccccc32)cc(C)c1B1c2ccccc2B(c2c(C)cc(N3c4ccccc4Sc4ccccc43)cc2C)c2ccccc21. The molecule has 0 radical (unpaired) electrons. The molecule has 6 heteroatoms. The lowest BCUT2D eigenvalue weighted by molar-refractivity contribution is 1.16. The zero-order chi connectivity index (χ0) is 39.1. The van der Waals surface area contributed by atoms with Crippen molar-refractivity contribution in [3.63, 3.8) is 0 Å². The lowest BCUT2D eigenvalue weighted by Crippen LogP contribution is -2.75. The summed E-state index contributed by atoms with van der Waals surface area (Å²) in [6, 6.07) is 63.4. The Balaban J connectivity index is 1.04. The van der Waals surface area contributed by atoms with Crippen molar-refractivity contribution in [2.75, 3.05) is 9.80 Å². The van der Waals surface area contributed by atoms with Gasteiger partial charge in [0.25, 0.3) is 0 Å². The van der Waals surface area contributed by atoms with Crippen LogP contribution in [0.2, 0.25) is 0 Å². The van der Waals surface area contributed by atoms with E-state index in [1.165, 1.54) is 109 Å². The molecule has 0 unspecified atom stereocenters. The zero-order valence-electron chi connectivity index (χ0n) is 33.0. The van der Waals surface area contributed by atoms with Gasteiger partial charge in [0.2, 0.25) is 13.4 Å². The van der Waals surface area contributed by atoms with E-state index in [9.17, 15) is 0 Å². The maximum atomic E-state index is 2.46. The molecule has 8 aromatic rings. The summed E-state index contributed by atoms with van der Waals surface area (Å²) in [4.78, 5) is 10.0. The number of benzene rings is 8. The molecule has 0 N–H and O–H groups in total. The van der Waals surface area contributed by atoms with Gasteiger partial charge in [-0.05, 0) is 100 Å². The number of fused-ring (bicyclic) bond motifs is 6. The Morgan fingerprint density at radius 2 is 0.569 bits per heavy atom. The molecule has 0 saturated carbocycles. The average molecular weight is 779 g/mol. The molecular formula is C52H40B2N2S2. The number of para-hydroxylation sites is 4. The summed E-state index contributed by atoms with van der Waals surface area (Å²) in [7, 11) is 0. The van der Waals surface area contributed by atoms with Gasteiger partial charge in [-0.1, -0.05) is 176 Å². The Morgan fingerprint density at radius 1 is 0.328 bits per heavy atom. The minimum atomic E-state index is 0.118. The summed E-state index contributed by atoms with van der Waals surface area (Å²) in [5.41, 5.74) is 21.0. The van der Waals surface area contributed by atoms with Crippen LogP contribution in [0.25, 0.3) is 0 Å². The topological polar surface area (TPSA) is 6.48 Å². The predicted octanol–water partition coefficient (Wildman–Crippen LogP) is 10.1. The normalized spacial score (nSPS) is 13.6. The highest BCUT2D eigenvalue weighted by molar-refractivity contribution is 8.00. The van der Waals surface area contributed by atoms with Crippen molar-refractivity contribution in [3.05, 3.63) is 192 Å². The second-order valence-electron chi connectivity index (χ2n) is 15.9. The van der Waals surface area contributed by atoms with Crippen molar-refractivity contribution in [1.82, 2.24) is 0 Å². The van der Waals surface area contributed by atoms with Gasteiger partial charge >= 0.3 is 0 Å². The maximum absolute atomic E-state index is 2.46. The van der Waals surface area contributed by atoms with Crippen LogP contribution in [0, 0.1) is 27.7 Å². The molecule has 0 fully saturated rings. The first kappa shape index (κ1) is 35.4. The smallest absolute Gasteiger partial charge is 0.240 e. The highest BCUT2D eigenvalue weighted by Crippen LogP contribution is 2.52. The van der Waals surface area contributed by atoms with Gasteiger partial charge in [0, 0.05) is 31.0 Å². The predicted molar refractivity (Wildman–Crippen MR) is 252 cm³/mol. The first-order valence-corrected chi connectivity index (χ1v) is 21.8. The van der Waals surface area contributed by atoms with Gasteiger partial charge in [0.05, 0.1) is 22.7 Å². The first-order valence-electron chi connectivity index (χ1n) is 20.2. The Hall–Kier alpha value is -5.81. The molecule has 0 atom stereocenters. The second kappa shape index (κ2) is 13.9. The number of rotatable bonds is 4. The summed E-state index contributed by atoms with van der Waals surface area (Å²) < 4.78 is 0. The molecule has 2 nitrogen and oxygen atoms in total. The van der Waals surface area contributed by atoms with Crippen molar-refractivity contribution in [1.29, 1.82) is 0 Å². The standard InChI is InChI=1S/C52H40B2N2S2/c1-33-29-37(55-43-21-9-13-25-47(43)57-48-26-14-10-22-44(48)55)30-34(2)51(33)53-39-17-5-7-19-41(39)54(42-20-8-6-18-40(42)53)52-35(3)31-38(32-36(52)4)56-45-23-11-15-27-49(45)58-50-28-16-12-24-46(50)56/h5-32H,1-4H3. The molecule has 8 aromatic carbocycles. The van der Waals surface area contributed by atoms with Gasteiger partial charge in [-0.15, -0.1) is 0 Å². The van der Waals surface area contributed by atoms with Gasteiger partial charge in [0.1, 0.15) is 0 Å². The first-order chi connectivity index (χ1) is 28.4. The van der Waals surface area contributed by atoms with Gasteiger partial charge < -0.3 is 9.80 Å². The van der Waals surface area contributed by atoms with Crippen LogP contribution >= 0.6 is 23.5 Å². The summed E-state index contributed by atoms with van der Waals surface area (Å²) in [5, 5.41) is 0. The summed E-state index contributed by atoms with van der Waals surface area (Å²) in [5.74, 6) is 0. The van der Waals surface area contributed by atoms with Gasteiger partial charge in [0.15, 0.2) is 0 Å². The number of nitrogens with zero attached hydrogens (tertiary/aromatic N) is 2. The van der Waals surface area contributed by atoms with Crippen LogP contribution in [-0.4, -0.2) is 13.4 Å². The van der Waals surface area contributed by atoms with Gasteiger partial charge in [-0.25, -0.2) is 0 Å². The monoisotopic (exact) mass is 778 g/mol. The third-order valence-electron chi connectivity index (χ3n) is 12.4. The van der Waals surface area contributed by atoms with Crippen molar-refractivity contribution >= 4 is 104 Å². The van der Waals surface area contributed by atoms with E-state index in [-0.39, 0.29) is 13.4 Å². The Labute approximate surface area is 351 Å². The lowest BCUT2D eigenvalue weighted by Gasteiger charge is -2.36. The molecule has 276 valence electrons. The van der Waals surface area contributed by atoms with E-state index in [1.54, 1.807) is 0 Å². The second-order valence-corrected chi connectivity index (χ2v) is 18.0. The molecule has 3 aliphatic rings. The third-order valence-corrected chi connectivity index (χ3v) is 14.6. The fraction of sp³-hybridized carbons (Fsp3) is 0.0769. The molecular weight excluding hydrogens is 738 g/mol. The molecule has 58 heavy (non-hydrogen) atoms. The van der Waals surface area contributed by atoms with Crippen molar-refractivity contribution in [2.45, 2.75) is 47.3 Å². The van der Waals surface area contributed by atoms with E-state index in [4.69, 9.17) is 0 Å². The minimum absolute atomic E-state index is 0.118. The zero-order valence-corrected chi connectivity index (χ0v) is 34.7. The average Bonchev–Trinajstić information content (AvgIpc) is 3.24. The van der Waals surface area contributed by atoms with Gasteiger partial charge in [-0.2, -0.15) is 0 Å². The Morgan fingerprint density at radius 3 is 0.845 bits per heavy atom. The van der Waals surface area contributed by atoms with Crippen molar-refractivity contribution < 1.29 is 0 Å². The summed E-state index contributed by atoms with van der Waals surface area (Å²) in [6.07, 6.45) is 0. The number of hydrogen-bond donors (Lipinski definition) is 0. The quantitative estimate of drug-likeness (QED) is 0.164. The minimum Gasteiger partial charge on any atom is -0.308 e. The number of aryl methyl sites for hydroxylation is 4. The van der Waals surface area contributed by atoms with E-state index in [0.717, 1.165) is 0 Å². The molecule has 0 aliphatic carbocycles. The van der Waals surface area contributed by atoms with E-state index in [2.05, 4.69) is 207 Å². The van der Waals surface area contributed by atoms with E-state index in [0.29, 0.717) is 0 Å². The Kier molecular flexibility index (Phi) is 8.50. The molecule has 11 rings (SSSR count). The van der Waals surface area contributed by atoms with Gasteiger partial charge in [-0.3, -0.25) is 0 Å². The van der Waals surface area contributed by atoms with Crippen LogP contribution in [0.4, 0.5) is 34.1 Å². The van der Waals surface area contributed by atoms with Crippen LogP contribution in [0.15, 0.2) is 189 Å². The Bertz CT molecular complexity index is 2580. The summed E-state index contributed by atoms with van der Waals surface area (Å²) in [6.45, 7) is 9.52. The van der Waals surface area contributed by atoms with E-state index in [1.807, 2.05) is 23.5 Å². The summed E-state index contributed by atoms with van der Waals surface area (Å²) >= 11 is 3.72. The molecule has 0 spiro atoms. The van der Waals surface area contributed by atoms with Crippen LogP contribution < -0.4 is 42.6 Å². The number of anilines is 6. The number of hydrogen-bond acceptors (Lipinski definition) is 4.